The van der Waals surface area contributed by atoms with Crippen LogP contribution in [0.2, 0.25) is 0 Å². The Bertz CT molecular complexity index is 167. The number of aliphatic hydroxyl groups is 1. The van der Waals surface area contributed by atoms with Crippen molar-refractivity contribution in [3.05, 3.63) is 12.2 Å². The summed E-state index contributed by atoms with van der Waals surface area (Å²) in [6.45, 7) is 0. The number of hydrogen-bond donors (Lipinski definition) is 1. The molecule has 3 nitrogen and oxygen atoms in total. The quantitative estimate of drug-likeness (QED) is 0.335. The van der Waals surface area contributed by atoms with Crippen LogP contribution in [0.5, 0.6) is 0 Å². The summed E-state index contributed by atoms with van der Waals surface area (Å²) in [7, 11) is 0. The predicted molar refractivity (Wildman–Crippen MR) is 32.9 cm³/mol. The first-order valence-electron chi connectivity index (χ1n) is 3.24. The fourth-order valence-corrected chi connectivity index (χ4v) is 1.09. The van der Waals surface area contributed by atoms with E-state index in [0.717, 1.165) is 0 Å². The van der Waals surface area contributed by atoms with Gasteiger partial charge in [0.1, 0.15) is 0 Å². The van der Waals surface area contributed by atoms with Gasteiger partial charge in [-0.05, 0) is 12.8 Å². The molecule has 0 radical (unpaired) electrons. The van der Waals surface area contributed by atoms with Crippen LogP contribution in [0.25, 0.3) is 0 Å². The summed E-state index contributed by atoms with van der Waals surface area (Å²) in [5.74, 6) is -1.33. The molecule has 4 heteroatoms. The summed E-state index contributed by atoms with van der Waals surface area (Å²) >= 11 is 0. The van der Waals surface area contributed by atoms with Crippen molar-refractivity contribution in [3.8, 4) is 0 Å². The molecule has 2 atom stereocenters. The van der Waals surface area contributed by atoms with E-state index in [9.17, 15) is 9.90 Å². The number of carbonyl (C=O) groups excluding carboxylic acids is 1. The second kappa shape index (κ2) is 4.93. The van der Waals surface area contributed by atoms with Crippen LogP contribution in [0.15, 0.2) is 12.2 Å². The molecule has 0 spiro atoms. The molecule has 1 aliphatic carbocycles. The average Bonchev–Trinajstić information content (AvgIpc) is 2.15. The zero-order valence-electron chi connectivity index (χ0n) is 6.49. The number of aliphatic carboxylic acids is 1. The SMILES string of the molecule is O=C([O-])CC1C=CCC1O.[Na+]. The molecule has 1 N–H and O–H groups in total. The summed E-state index contributed by atoms with van der Waals surface area (Å²) in [5.41, 5.74) is 0. The first-order valence-corrected chi connectivity index (χ1v) is 3.24. The molecule has 11 heavy (non-hydrogen) atoms. The summed E-state index contributed by atoms with van der Waals surface area (Å²) in [4.78, 5) is 10.0. The van der Waals surface area contributed by atoms with E-state index in [4.69, 9.17) is 5.11 Å². The molecule has 0 bridgehead atoms. The van der Waals surface area contributed by atoms with Gasteiger partial charge in [0.05, 0.1) is 6.10 Å². The minimum atomic E-state index is -1.10. The van der Waals surface area contributed by atoms with Crippen LogP contribution in [-0.2, 0) is 4.79 Å². The van der Waals surface area contributed by atoms with Gasteiger partial charge >= 0.3 is 29.6 Å². The summed E-state index contributed by atoms with van der Waals surface area (Å²) < 4.78 is 0. The molecule has 0 amide bonds. The fraction of sp³-hybridized carbons (Fsp3) is 0.571. The van der Waals surface area contributed by atoms with E-state index < -0.39 is 12.1 Å². The Kier molecular flexibility index (Phi) is 5.01. The predicted octanol–water partition coefficient (Wildman–Crippen LogP) is -3.93. The number of rotatable bonds is 2. The van der Waals surface area contributed by atoms with E-state index in [1.165, 1.54) is 0 Å². The minimum Gasteiger partial charge on any atom is -0.550 e. The van der Waals surface area contributed by atoms with E-state index in [1.807, 2.05) is 0 Å². The van der Waals surface area contributed by atoms with Crippen molar-refractivity contribution in [3.63, 3.8) is 0 Å². The van der Waals surface area contributed by atoms with Crippen LogP contribution in [0.1, 0.15) is 12.8 Å². The monoisotopic (exact) mass is 164 g/mol. The van der Waals surface area contributed by atoms with Gasteiger partial charge in [-0.3, -0.25) is 0 Å². The number of hydrogen-bond acceptors (Lipinski definition) is 3. The third kappa shape index (κ3) is 3.38. The number of carboxylic acid groups (broad SMARTS) is 1. The van der Waals surface area contributed by atoms with Gasteiger partial charge in [-0.1, -0.05) is 12.2 Å². The molecule has 0 aliphatic heterocycles. The maximum atomic E-state index is 10.0. The second-order valence-electron chi connectivity index (χ2n) is 2.47. The Balaban J connectivity index is 0.000001000. The van der Waals surface area contributed by atoms with Crippen LogP contribution in [0, 0.1) is 5.92 Å². The molecular formula is C7H9NaO3. The normalized spacial score (nSPS) is 28.1. The standard InChI is InChI=1S/C7H10O3.Na/c8-6-3-1-2-5(6)4-7(9)10;/h1-2,5-6,8H,3-4H2,(H,9,10);/q;+1/p-1. The van der Waals surface area contributed by atoms with Crippen molar-refractivity contribution in [2.45, 2.75) is 18.9 Å². The van der Waals surface area contributed by atoms with Crippen molar-refractivity contribution in [2.24, 2.45) is 5.92 Å². The van der Waals surface area contributed by atoms with Crippen molar-refractivity contribution < 1.29 is 44.6 Å². The van der Waals surface area contributed by atoms with Crippen LogP contribution in [-0.4, -0.2) is 17.2 Å². The van der Waals surface area contributed by atoms with E-state index in [-0.39, 0.29) is 41.9 Å². The fourth-order valence-electron chi connectivity index (χ4n) is 1.09. The van der Waals surface area contributed by atoms with E-state index >= 15 is 0 Å². The zero-order valence-corrected chi connectivity index (χ0v) is 8.49. The zero-order chi connectivity index (χ0) is 7.56. The number of carbonyl (C=O) groups is 1. The maximum Gasteiger partial charge on any atom is 1.00 e. The molecule has 56 valence electrons. The molecule has 0 saturated heterocycles. The topological polar surface area (TPSA) is 60.4 Å². The molecular weight excluding hydrogens is 155 g/mol. The minimum absolute atomic E-state index is 0. The molecule has 0 heterocycles. The number of carboxylic acids is 1. The van der Waals surface area contributed by atoms with Crippen molar-refractivity contribution >= 4 is 5.97 Å². The third-order valence-corrected chi connectivity index (χ3v) is 1.66. The van der Waals surface area contributed by atoms with Gasteiger partial charge in [0.2, 0.25) is 0 Å². The van der Waals surface area contributed by atoms with Crippen LogP contribution < -0.4 is 34.7 Å². The third-order valence-electron chi connectivity index (χ3n) is 1.66. The van der Waals surface area contributed by atoms with Gasteiger partial charge in [0, 0.05) is 11.9 Å². The first-order chi connectivity index (χ1) is 4.70. The smallest absolute Gasteiger partial charge is 0.550 e. The average molecular weight is 164 g/mol. The van der Waals surface area contributed by atoms with E-state index in [1.54, 1.807) is 12.2 Å². The second-order valence-corrected chi connectivity index (χ2v) is 2.47. The van der Waals surface area contributed by atoms with Gasteiger partial charge in [0.25, 0.3) is 0 Å². The molecule has 1 rings (SSSR count). The molecule has 0 saturated carbocycles. The van der Waals surface area contributed by atoms with Crippen LogP contribution in [0.3, 0.4) is 0 Å². The van der Waals surface area contributed by atoms with Crippen LogP contribution in [0.4, 0.5) is 0 Å². The van der Waals surface area contributed by atoms with Crippen molar-refractivity contribution in [1.82, 2.24) is 0 Å². The Morgan fingerprint density at radius 1 is 1.73 bits per heavy atom. The van der Waals surface area contributed by atoms with Gasteiger partial charge in [-0.25, -0.2) is 0 Å². The van der Waals surface area contributed by atoms with E-state index in [2.05, 4.69) is 0 Å². The maximum absolute atomic E-state index is 10.0. The molecule has 0 aromatic heterocycles. The molecule has 0 aromatic rings. The Morgan fingerprint density at radius 3 is 2.73 bits per heavy atom. The molecule has 1 aliphatic rings. The van der Waals surface area contributed by atoms with Gasteiger partial charge in [-0.15, -0.1) is 0 Å². The largest absolute Gasteiger partial charge is 1.00 e. The van der Waals surface area contributed by atoms with Gasteiger partial charge < -0.3 is 15.0 Å². The molecule has 0 fully saturated rings. The Hall–Kier alpha value is 0.170. The number of aliphatic hydroxyl groups excluding tert-OH is 1. The summed E-state index contributed by atoms with van der Waals surface area (Å²) in [6.07, 6.45) is 3.49. The van der Waals surface area contributed by atoms with Crippen molar-refractivity contribution in [1.29, 1.82) is 0 Å². The Morgan fingerprint density at radius 2 is 2.36 bits per heavy atom. The van der Waals surface area contributed by atoms with Crippen LogP contribution >= 0.6 is 0 Å². The first kappa shape index (κ1) is 11.2. The summed E-state index contributed by atoms with van der Waals surface area (Å²) in [5, 5.41) is 19.1. The Labute approximate surface area is 87.4 Å². The van der Waals surface area contributed by atoms with Crippen molar-refractivity contribution in [2.75, 3.05) is 0 Å². The van der Waals surface area contributed by atoms with Gasteiger partial charge in [0.15, 0.2) is 0 Å². The van der Waals surface area contributed by atoms with Gasteiger partial charge in [-0.2, -0.15) is 0 Å². The molecule has 0 aromatic carbocycles. The summed E-state index contributed by atoms with van der Waals surface area (Å²) in [6, 6.07) is 0. The molecule has 2 unspecified atom stereocenters. The van der Waals surface area contributed by atoms with E-state index in [0.29, 0.717) is 6.42 Å².